The molecule has 21 heavy (non-hydrogen) atoms. The standard InChI is InChI=1S/C18H26FNO/c1-12(2)15-9-10-18(3,4)11-16(15)17(21)20-14-7-5-13(19)6-8-14/h5-8,12,15-16H,9-11H2,1-4H3,(H,20,21). The minimum atomic E-state index is -0.285. The Morgan fingerprint density at radius 1 is 1.29 bits per heavy atom. The van der Waals surface area contributed by atoms with Gasteiger partial charge in [-0.2, -0.15) is 0 Å². The number of carbonyl (C=O) groups is 1. The molecule has 116 valence electrons. The van der Waals surface area contributed by atoms with Crippen molar-refractivity contribution in [3.8, 4) is 0 Å². The molecule has 2 nitrogen and oxygen atoms in total. The van der Waals surface area contributed by atoms with E-state index in [9.17, 15) is 9.18 Å². The van der Waals surface area contributed by atoms with E-state index in [0.717, 1.165) is 12.8 Å². The summed E-state index contributed by atoms with van der Waals surface area (Å²) < 4.78 is 12.9. The molecular weight excluding hydrogens is 265 g/mol. The summed E-state index contributed by atoms with van der Waals surface area (Å²) in [5.41, 5.74) is 0.892. The second kappa shape index (κ2) is 6.17. The predicted octanol–water partition coefficient (Wildman–Crippen LogP) is 4.86. The summed E-state index contributed by atoms with van der Waals surface area (Å²) in [7, 11) is 0. The molecular formula is C18H26FNO. The highest BCUT2D eigenvalue weighted by atomic mass is 19.1. The van der Waals surface area contributed by atoms with Gasteiger partial charge >= 0.3 is 0 Å². The fourth-order valence-electron chi connectivity index (χ4n) is 3.46. The number of nitrogens with one attached hydrogen (secondary N) is 1. The molecule has 1 amide bonds. The minimum absolute atomic E-state index is 0.0406. The van der Waals surface area contributed by atoms with Gasteiger partial charge in [-0.05, 0) is 60.8 Å². The molecule has 2 rings (SSSR count). The first-order chi connectivity index (χ1) is 9.78. The van der Waals surface area contributed by atoms with E-state index in [2.05, 4.69) is 33.0 Å². The topological polar surface area (TPSA) is 29.1 Å². The van der Waals surface area contributed by atoms with Crippen LogP contribution in [0, 0.1) is 29.0 Å². The van der Waals surface area contributed by atoms with E-state index >= 15 is 0 Å². The zero-order chi connectivity index (χ0) is 15.6. The zero-order valence-corrected chi connectivity index (χ0v) is 13.4. The SMILES string of the molecule is CC(C)C1CCC(C)(C)CC1C(=O)Nc1ccc(F)cc1. The van der Waals surface area contributed by atoms with Gasteiger partial charge in [0, 0.05) is 11.6 Å². The molecule has 1 aromatic carbocycles. The Morgan fingerprint density at radius 2 is 1.90 bits per heavy atom. The number of anilines is 1. The number of benzene rings is 1. The largest absolute Gasteiger partial charge is 0.326 e. The van der Waals surface area contributed by atoms with E-state index < -0.39 is 0 Å². The third-order valence-electron chi connectivity index (χ3n) is 4.75. The number of halogens is 1. The Morgan fingerprint density at radius 3 is 2.48 bits per heavy atom. The third kappa shape index (κ3) is 4.05. The molecule has 0 radical (unpaired) electrons. The molecule has 2 atom stereocenters. The summed E-state index contributed by atoms with van der Waals surface area (Å²) in [6.07, 6.45) is 3.20. The van der Waals surface area contributed by atoms with Crippen molar-refractivity contribution in [2.75, 3.05) is 5.32 Å². The van der Waals surface area contributed by atoms with Gasteiger partial charge in [-0.25, -0.2) is 4.39 Å². The van der Waals surface area contributed by atoms with Crippen molar-refractivity contribution in [1.29, 1.82) is 0 Å². The Kier molecular flexibility index (Phi) is 4.70. The maximum atomic E-state index is 12.9. The van der Waals surface area contributed by atoms with Crippen molar-refractivity contribution in [3.05, 3.63) is 30.1 Å². The van der Waals surface area contributed by atoms with Crippen LogP contribution >= 0.6 is 0 Å². The average Bonchev–Trinajstić information content (AvgIpc) is 2.40. The third-order valence-corrected chi connectivity index (χ3v) is 4.75. The normalized spacial score (nSPS) is 24.9. The first-order valence-electron chi connectivity index (χ1n) is 7.85. The minimum Gasteiger partial charge on any atom is -0.326 e. The molecule has 0 saturated heterocycles. The fourth-order valence-corrected chi connectivity index (χ4v) is 3.46. The first kappa shape index (κ1) is 16.0. The van der Waals surface area contributed by atoms with Gasteiger partial charge in [0.2, 0.25) is 5.91 Å². The second-order valence-corrected chi connectivity index (χ2v) is 7.42. The van der Waals surface area contributed by atoms with Crippen LogP contribution in [0.3, 0.4) is 0 Å². The van der Waals surface area contributed by atoms with E-state index in [1.54, 1.807) is 12.1 Å². The van der Waals surface area contributed by atoms with E-state index in [-0.39, 0.29) is 23.1 Å². The maximum absolute atomic E-state index is 12.9. The van der Waals surface area contributed by atoms with Gasteiger partial charge in [-0.1, -0.05) is 27.7 Å². The molecule has 0 spiro atoms. The number of hydrogen-bond donors (Lipinski definition) is 1. The fraction of sp³-hybridized carbons (Fsp3) is 0.611. The van der Waals surface area contributed by atoms with E-state index in [1.807, 2.05) is 0 Å². The Hall–Kier alpha value is -1.38. The van der Waals surface area contributed by atoms with Gasteiger partial charge in [0.1, 0.15) is 5.82 Å². The summed E-state index contributed by atoms with van der Waals surface area (Å²) in [5.74, 6) is 0.766. The number of hydrogen-bond acceptors (Lipinski definition) is 1. The van der Waals surface area contributed by atoms with Gasteiger partial charge < -0.3 is 5.32 Å². The molecule has 1 aliphatic carbocycles. The maximum Gasteiger partial charge on any atom is 0.227 e. The summed E-state index contributed by atoms with van der Waals surface area (Å²) >= 11 is 0. The lowest BCUT2D eigenvalue weighted by molar-refractivity contribution is -0.125. The van der Waals surface area contributed by atoms with Crippen molar-refractivity contribution >= 4 is 11.6 Å². The Labute approximate surface area is 127 Å². The second-order valence-electron chi connectivity index (χ2n) is 7.42. The van der Waals surface area contributed by atoms with Crippen molar-refractivity contribution in [3.63, 3.8) is 0 Å². The Bertz CT molecular complexity index is 492. The molecule has 1 fully saturated rings. The molecule has 2 unspecified atom stereocenters. The van der Waals surface area contributed by atoms with Gasteiger partial charge in [0.25, 0.3) is 0 Å². The smallest absolute Gasteiger partial charge is 0.227 e. The van der Waals surface area contributed by atoms with Crippen LogP contribution in [-0.4, -0.2) is 5.91 Å². The van der Waals surface area contributed by atoms with Crippen molar-refractivity contribution in [2.45, 2.75) is 47.0 Å². The quantitative estimate of drug-likeness (QED) is 0.846. The molecule has 1 saturated carbocycles. The van der Waals surface area contributed by atoms with E-state index in [1.165, 1.54) is 18.6 Å². The van der Waals surface area contributed by atoms with Crippen molar-refractivity contribution in [1.82, 2.24) is 0 Å². The van der Waals surface area contributed by atoms with Crippen LogP contribution in [0.4, 0.5) is 10.1 Å². The van der Waals surface area contributed by atoms with Gasteiger partial charge in [0.15, 0.2) is 0 Å². The summed E-state index contributed by atoms with van der Waals surface area (Å²) in [4.78, 5) is 12.7. The molecule has 0 heterocycles. The molecule has 1 aromatic rings. The van der Waals surface area contributed by atoms with Crippen molar-refractivity contribution < 1.29 is 9.18 Å². The molecule has 0 bridgehead atoms. The monoisotopic (exact) mass is 291 g/mol. The first-order valence-corrected chi connectivity index (χ1v) is 7.85. The summed E-state index contributed by atoms with van der Waals surface area (Å²) in [6, 6.07) is 5.98. The predicted molar refractivity (Wildman–Crippen MR) is 84.5 cm³/mol. The van der Waals surface area contributed by atoms with Crippen LogP contribution in [0.2, 0.25) is 0 Å². The highest BCUT2D eigenvalue weighted by molar-refractivity contribution is 5.92. The van der Waals surface area contributed by atoms with Gasteiger partial charge in [-0.3, -0.25) is 4.79 Å². The lowest BCUT2D eigenvalue weighted by atomic mass is 9.64. The Balaban J connectivity index is 2.11. The molecule has 3 heteroatoms. The lowest BCUT2D eigenvalue weighted by Crippen LogP contribution is -2.39. The zero-order valence-electron chi connectivity index (χ0n) is 13.4. The van der Waals surface area contributed by atoms with Crippen LogP contribution in [0.1, 0.15) is 47.0 Å². The van der Waals surface area contributed by atoms with Crippen LogP contribution in [0.25, 0.3) is 0 Å². The number of amides is 1. The molecule has 1 aliphatic rings. The molecule has 0 aromatic heterocycles. The highest BCUT2D eigenvalue weighted by Crippen LogP contribution is 2.44. The van der Waals surface area contributed by atoms with E-state index in [4.69, 9.17) is 0 Å². The molecule has 0 aliphatic heterocycles. The summed E-state index contributed by atoms with van der Waals surface area (Å²) in [5, 5.41) is 2.96. The highest BCUT2D eigenvalue weighted by Gasteiger charge is 2.39. The number of carbonyl (C=O) groups excluding carboxylic acids is 1. The van der Waals surface area contributed by atoms with Crippen LogP contribution < -0.4 is 5.32 Å². The van der Waals surface area contributed by atoms with Gasteiger partial charge in [-0.15, -0.1) is 0 Å². The number of rotatable bonds is 3. The van der Waals surface area contributed by atoms with Crippen molar-refractivity contribution in [2.24, 2.45) is 23.2 Å². The molecule has 1 N–H and O–H groups in total. The van der Waals surface area contributed by atoms with Crippen LogP contribution in [0.15, 0.2) is 24.3 Å². The lowest BCUT2D eigenvalue weighted by Gasteiger charge is -2.41. The van der Waals surface area contributed by atoms with Crippen LogP contribution in [-0.2, 0) is 4.79 Å². The van der Waals surface area contributed by atoms with Crippen LogP contribution in [0.5, 0.6) is 0 Å². The summed E-state index contributed by atoms with van der Waals surface area (Å²) in [6.45, 7) is 8.87. The van der Waals surface area contributed by atoms with E-state index in [0.29, 0.717) is 17.5 Å². The average molecular weight is 291 g/mol. The van der Waals surface area contributed by atoms with Gasteiger partial charge in [0.05, 0.1) is 0 Å².